The third kappa shape index (κ3) is 6.20. The lowest BCUT2D eigenvalue weighted by Gasteiger charge is -2.31. The first kappa shape index (κ1) is 20.6. The summed E-state index contributed by atoms with van der Waals surface area (Å²) in [6, 6.07) is 15.0. The van der Waals surface area contributed by atoms with Gasteiger partial charge in [-0.1, -0.05) is 48.5 Å². The fraction of sp³-hybridized carbons (Fsp3) is 0.364. The Morgan fingerprint density at radius 3 is 2.22 bits per heavy atom. The predicted octanol–water partition coefficient (Wildman–Crippen LogP) is 3.70. The standard InChI is InChI=1S/C22H27FN2O2/c1-16(21(27)24-22(2,3)4)25(15-17-10-6-5-7-11-17)20(26)14-18-12-8-9-13-19(18)23/h5-13,16H,14-15H2,1-4H3,(H,24,27)/t16-/m1/s1. The molecular formula is C22H27FN2O2. The van der Waals surface area contributed by atoms with E-state index in [9.17, 15) is 14.0 Å². The number of hydrogen-bond donors (Lipinski definition) is 1. The lowest BCUT2D eigenvalue weighted by atomic mass is 10.1. The molecule has 0 saturated heterocycles. The molecule has 0 aromatic heterocycles. The second-order valence-corrected chi connectivity index (χ2v) is 7.69. The molecule has 0 fully saturated rings. The maximum Gasteiger partial charge on any atom is 0.242 e. The molecule has 0 bridgehead atoms. The molecule has 5 heteroatoms. The van der Waals surface area contributed by atoms with Gasteiger partial charge in [-0.05, 0) is 44.9 Å². The van der Waals surface area contributed by atoms with Gasteiger partial charge >= 0.3 is 0 Å². The zero-order valence-corrected chi connectivity index (χ0v) is 16.3. The van der Waals surface area contributed by atoms with E-state index >= 15 is 0 Å². The minimum Gasteiger partial charge on any atom is -0.350 e. The Labute approximate surface area is 160 Å². The molecule has 0 radical (unpaired) electrons. The zero-order chi connectivity index (χ0) is 20.0. The van der Waals surface area contributed by atoms with Crippen molar-refractivity contribution in [3.8, 4) is 0 Å². The number of nitrogens with one attached hydrogen (secondary N) is 1. The number of halogens is 1. The van der Waals surface area contributed by atoms with Crippen LogP contribution in [0.1, 0.15) is 38.8 Å². The average Bonchev–Trinajstić information content (AvgIpc) is 2.60. The lowest BCUT2D eigenvalue weighted by molar-refractivity contribution is -0.140. The van der Waals surface area contributed by atoms with Gasteiger partial charge < -0.3 is 10.2 Å². The quantitative estimate of drug-likeness (QED) is 0.843. The fourth-order valence-electron chi connectivity index (χ4n) is 2.74. The first-order chi connectivity index (χ1) is 12.7. The van der Waals surface area contributed by atoms with Gasteiger partial charge in [0.2, 0.25) is 11.8 Å². The summed E-state index contributed by atoms with van der Waals surface area (Å²) in [4.78, 5) is 27.1. The number of rotatable bonds is 6. The Morgan fingerprint density at radius 1 is 1.04 bits per heavy atom. The molecule has 0 saturated carbocycles. The van der Waals surface area contributed by atoms with Crippen molar-refractivity contribution in [1.29, 1.82) is 0 Å². The Morgan fingerprint density at radius 2 is 1.63 bits per heavy atom. The van der Waals surface area contributed by atoms with Crippen LogP contribution < -0.4 is 5.32 Å². The van der Waals surface area contributed by atoms with Gasteiger partial charge in [-0.15, -0.1) is 0 Å². The molecule has 2 amide bonds. The minimum atomic E-state index is -0.677. The van der Waals surface area contributed by atoms with Crippen LogP contribution in [0.25, 0.3) is 0 Å². The Kier molecular flexibility index (Phi) is 6.72. The first-order valence-corrected chi connectivity index (χ1v) is 9.06. The molecule has 0 aliphatic carbocycles. The third-order valence-corrected chi connectivity index (χ3v) is 4.16. The molecule has 0 unspecified atom stereocenters. The van der Waals surface area contributed by atoms with E-state index in [0.29, 0.717) is 5.56 Å². The van der Waals surface area contributed by atoms with Crippen molar-refractivity contribution in [1.82, 2.24) is 10.2 Å². The summed E-state index contributed by atoms with van der Waals surface area (Å²) in [6.45, 7) is 7.65. The summed E-state index contributed by atoms with van der Waals surface area (Å²) in [6.07, 6.45) is -0.0906. The zero-order valence-electron chi connectivity index (χ0n) is 16.3. The molecule has 0 heterocycles. The van der Waals surface area contributed by atoms with E-state index in [1.807, 2.05) is 51.1 Å². The van der Waals surface area contributed by atoms with Crippen LogP contribution in [0.3, 0.4) is 0 Å². The SMILES string of the molecule is C[C@H](C(=O)NC(C)(C)C)N(Cc1ccccc1)C(=O)Cc1ccccc1F. The molecule has 0 spiro atoms. The van der Waals surface area contributed by atoms with E-state index in [2.05, 4.69) is 5.32 Å². The molecule has 144 valence electrons. The molecule has 1 atom stereocenters. The Bertz CT molecular complexity index is 784. The van der Waals surface area contributed by atoms with Crippen LogP contribution in [0.15, 0.2) is 54.6 Å². The molecule has 2 aromatic carbocycles. The summed E-state index contributed by atoms with van der Waals surface area (Å²) >= 11 is 0. The summed E-state index contributed by atoms with van der Waals surface area (Å²) < 4.78 is 14.0. The highest BCUT2D eigenvalue weighted by Crippen LogP contribution is 2.15. The topological polar surface area (TPSA) is 49.4 Å². The van der Waals surface area contributed by atoms with Gasteiger partial charge in [0.05, 0.1) is 6.42 Å². The van der Waals surface area contributed by atoms with Crippen LogP contribution >= 0.6 is 0 Å². The summed E-state index contributed by atoms with van der Waals surface area (Å²) in [5, 5.41) is 2.91. The van der Waals surface area contributed by atoms with Crippen molar-refractivity contribution in [3.63, 3.8) is 0 Å². The van der Waals surface area contributed by atoms with E-state index in [1.54, 1.807) is 25.1 Å². The third-order valence-electron chi connectivity index (χ3n) is 4.16. The number of carbonyl (C=O) groups excluding carboxylic acids is 2. The van der Waals surface area contributed by atoms with Crippen LogP contribution in [-0.2, 0) is 22.6 Å². The fourth-order valence-corrected chi connectivity index (χ4v) is 2.74. The van der Waals surface area contributed by atoms with Gasteiger partial charge in [0.25, 0.3) is 0 Å². The van der Waals surface area contributed by atoms with Crippen LogP contribution in [0.4, 0.5) is 4.39 Å². The summed E-state index contributed by atoms with van der Waals surface area (Å²) in [5.74, 6) is -0.946. The largest absolute Gasteiger partial charge is 0.350 e. The normalized spacial score (nSPS) is 12.3. The first-order valence-electron chi connectivity index (χ1n) is 9.06. The number of amides is 2. The molecule has 4 nitrogen and oxygen atoms in total. The number of carbonyl (C=O) groups is 2. The molecule has 0 aliphatic heterocycles. The van der Waals surface area contributed by atoms with Gasteiger partial charge in [0, 0.05) is 12.1 Å². The monoisotopic (exact) mass is 370 g/mol. The van der Waals surface area contributed by atoms with Gasteiger partial charge in [-0.25, -0.2) is 4.39 Å². The summed E-state index contributed by atoms with van der Waals surface area (Å²) in [5.41, 5.74) is 0.831. The number of benzene rings is 2. The van der Waals surface area contributed by atoms with E-state index in [1.165, 1.54) is 11.0 Å². The van der Waals surface area contributed by atoms with Crippen molar-refractivity contribution in [2.75, 3.05) is 0 Å². The molecule has 2 rings (SSSR count). The molecular weight excluding hydrogens is 343 g/mol. The van der Waals surface area contributed by atoms with Crippen molar-refractivity contribution in [2.45, 2.75) is 52.2 Å². The van der Waals surface area contributed by atoms with Crippen molar-refractivity contribution >= 4 is 11.8 Å². The van der Waals surface area contributed by atoms with Crippen molar-refractivity contribution < 1.29 is 14.0 Å². The van der Waals surface area contributed by atoms with E-state index < -0.39 is 17.4 Å². The highest BCUT2D eigenvalue weighted by molar-refractivity contribution is 5.88. The second kappa shape index (κ2) is 8.80. The van der Waals surface area contributed by atoms with Gasteiger partial charge in [-0.3, -0.25) is 9.59 Å². The molecule has 0 aliphatic rings. The highest BCUT2D eigenvalue weighted by Gasteiger charge is 2.28. The van der Waals surface area contributed by atoms with Gasteiger partial charge in [0.15, 0.2) is 0 Å². The van der Waals surface area contributed by atoms with Crippen LogP contribution in [0, 0.1) is 5.82 Å². The van der Waals surface area contributed by atoms with Crippen LogP contribution in [0.2, 0.25) is 0 Å². The maximum atomic E-state index is 14.0. The Hall–Kier alpha value is -2.69. The van der Waals surface area contributed by atoms with E-state index in [0.717, 1.165) is 5.56 Å². The average molecular weight is 370 g/mol. The Balaban J connectivity index is 2.24. The molecule has 1 N–H and O–H groups in total. The van der Waals surface area contributed by atoms with Crippen molar-refractivity contribution in [2.24, 2.45) is 0 Å². The van der Waals surface area contributed by atoms with Crippen molar-refractivity contribution in [3.05, 3.63) is 71.5 Å². The maximum absolute atomic E-state index is 14.0. The van der Waals surface area contributed by atoms with Gasteiger partial charge in [0.1, 0.15) is 11.9 Å². The second-order valence-electron chi connectivity index (χ2n) is 7.69. The molecule has 27 heavy (non-hydrogen) atoms. The van der Waals surface area contributed by atoms with Crippen LogP contribution in [-0.4, -0.2) is 28.3 Å². The highest BCUT2D eigenvalue weighted by atomic mass is 19.1. The minimum absolute atomic E-state index is 0.0906. The lowest BCUT2D eigenvalue weighted by Crippen LogP contribution is -2.52. The summed E-state index contributed by atoms with van der Waals surface area (Å²) in [7, 11) is 0. The predicted molar refractivity (Wildman–Crippen MR) is 104 cm³/mol. The van der Waals surface area contributed by atoms with E-state index in [4.69, 9.17) is 0 Å². The number of hydrogen-bond acceptors (Lipinski definition) is 2. The number of nitrogens with zero attached hydrogens (tertiary/aromatic N) is 1. The molecule has 2 aromatic rings. The van der Waals surface area contributed by atoms with Crippen LogP contribution in [0.5, 0.6) is 0 Å². The smallest absolute Gasteiger partial charge is 0.242 e. The van der Waals surface area contributed by atoms with E-state index in [-0.39, 0.29) is 24.8 Å². The van der Waals surface area contributed by atoms with Gasteiger partial charge in [-0.2, -0.15) is 0 Å².